The molecule has 2 nitrogen and oxygen atoms in total. The first-order valence-electron chi connectivity index (χ1n) is 8.03. The van der Waals surface area contributed by atoms with Crippen molar-refractivity contribution in [1.82, 2.24) is 0 Å². The molecule has 2 rings (SSSR count). The summed E-state index contributed by atoms with van der Waals surface area (Å²) in [5, 5.41) is -0.383. The largest absolute Gasteiger partial charge is 0.459 e. The van der Waals surface area contributed by atoms with Crippen LogP contribution < -0.4 is 0 Å². The number of benzene rings is 2. The van der Waals surface area contributed by atoms with Crippen LogP contribution in [0.25, 0.3) is 0 Å². The van der Waals surface area contributed by atoms with Gasteiger partial charge in [-0.25, -0.2) is 0 Å². The third-order valence-corrected chi connectivity index (χ3v) is 4.69. The second kappa shape index (κ2) is 8.20. The molecule has 0 fully saturated rings. The summed E-state index contributed by atoms with van der Waals surface area (Å²) in [5.41, 5.74) is 0.543. The number of carbonyl (C=O) groups excluding carboxylic acids is 1. The lowest BCUT2D eigenvalue weighted by atomic mass is 9.95. The Kier molecular flexibility index (Phi) is 6.27. The summed E-state index contributed by atoms with van der Waals surface area (Å²) in [4.78, 5) is 13.9. The van der Waals surface area contributed by atoms with Crippen LogP contribution in [0.15, 0.2) is 78.2 Å². The van der Waals surface area contributed by atoms with Crippen molar-refractivity contribution in [2.75, 3.05) is 0 Å². The molecule has 0 amide bonds. The maximum Gasteiger partial charge on any atom is 0.320 e. The normalized spacial score (nSPS) is 13.8. The molecule has 0 aliphatic rings. The number of hydrogen-bond acceptors (Lipinski definition) is 3. The van der Waals surface area contributed by atoms with E-state index in [0.717, 1.165) is 10.5 Å². The van der Waals surface area contributed by atoms with Crippen LogP contribution in [0.1, 0.15) is 32.3 Å². The van der Waals surface area contributed by atoms with Gasteiger partial charge in [0.2, 0.25) is 0 Å². The quantitative estimate of drug-likeness (QED) is 0.397. The van der Waals surface area contributed by atoms with Gasteiger partial charge >= 0.3 is 5.97 Å². The van der Waals surface area contributed by atoms with E-state index in [1.165, 1.54) is 11.8 Å². The first-order valence-corrected chi connectivity index (χ1v) is 8.91. The molecule has 24 heavy (non-hydrogen) atoms. The minimum Gasteiger partial charge on any atom is -0.459 e. The van der Waals surface area contributed by atoms with E-state index in [4.69, 9.17) is 4.74 Å². The summed E-state index contributed by atoms with van der Waals surface area (Å²) >= 11 is 1.52. The molecular formula is C21H24O2S. The van der Waals surface area contributed by atoms with Gasteiger partial charge in [-0.1, -0.05) is 54.6 Å². The fourth-order valence-corrected chi connectivity index (χ4v) is 3.55. The molecule has 0 aromatic heterocycles. The first-order chi connectivity index (χ1) is 11.4. The predicted octanol–water partition coefficient (Wildman–Crippen LogP) is 5.46. The summed E-state index contributed by atoms with van der Waals surface area (Å²) in [6.45, 7) is 9.63. The highest BCUT2D eigenvalue weighted by Crippen LogP contribution is 2.36. The highest BCUT2D eigenvalue weighted by Gasteiger charge is 2.32. The topological polar surface area (TPSA) is 26.3 Å². The number of hydrogen-bond donors (Lipinski definition) is 0. The number of esters is 1. The van der Waals surface area contributed by atoms with E-state index in [9.17, 15) is 4.79 Å². The van der Waals surface area contributed by atoms with Crippen LogP contribution >= 0.6 is 11.8 Å². The summed E-state index contributed by atoms with van der Waals surface area (Å²) in [6, 6.07) is 19.9. The summed E-state index contributed by atoms with van der Waals surface area (Å²) in [6.07, 6.45) is 1.83. The number of rotatable bonds is 6. The molecule has 0 saturated heterocycles. The van der Waals surface area contributed by atoms with E-state index in [0.29, 0.717) is 0 Å². The van der Waals surface area contributed by atoms with Gasteiger partial charge in [-0.05, 0) is 38.5 Å². The molecular weight excluding hydrogens is 316 g/mol. The van der Waals surface area contributed by atoms with Crippen LogP contribution in [-0.2, 0) is 9.53 Å². The van der Waals surface area contributed by atoms with Gasteiger partial charge in [0.05, 0.1) is 0 Å². The summed E-state index contributed by atoms with van der Waals surface area (Å²) in [7, 11) is 0. The third kappa shape index (κ3) is 5.27. The van der Waals surface area contributed by atoms with Crippen molar-refractivity contribution in [3.8, 4) is 0 Å². The highest BCUT2D eigenvalue weighted by molar-refractivity contribution is 8.00. The third-order valence-electron chi connectivity index (χ3n) is 3.41. The molecule has 0 spiro atoms. The Morgan fingerprint density at radius 1 is 1.04 bits per heavy atom. The Morgan fingerprint density at radius 2 is 1.58 bits per heavy atom. The maximum atomic E-state index is 12.8. The maximum absolute atomic E-state index is 12.8. The van der Waals surface area contributed by atoms with Crippen molar-refractivity contribution in [3.05, 3.63) is 78.9 Å². The standard InChI is InChI=1S/C21H24O2S/c1-5-18(16-12-8-6-9-13-16)19(20(22)23-21(2,3)4)24-17-14-10-7-11-15-17/h5-15,18-19H,1H2,2-4H3/t18-,19-/m1/s1. The van der Waals surface area contributed by atoms with Gasteiger partial charge in [0.1, 0.15) is 10.9 Å². The minimum atomic E-state index is -0.519. The van der Waals surface area contributed by atoms with Gasteiger partial charge in [-0.15, -0.1) is 18.3 Å². The minimum absolute atomic E-state index is 0.119. The number of carbonyl (C=O) groups is 1. The van der Waals surface area contributed by atoms with Crippen LogP contribution in [0, 0.1) is 0 Å². The van der Waals surface area contributed by atoms with Gasteiger partial charge in [-0.3, -0.25) is 4.79 Å². The van der Waals surface area contributed by atoms with Crippen molar-refractivity contribution in [1.29, 1.82) is 0 Å². The lowest BCUT2D eigenvalue weighted by Gasteiger charge is -2.27. The lowest BCUT2D eigenvalue weighted by Crippen LogP contribution is -2.33. The summed E-state index contributed by atoms with van der Waals surface area (Å²) < 4.78 is 5.67. The number of ether oxygens (including phenoxy) is 1. The number of thioether (sulfide) groups is 1. The number of allylic oxidation sites excluding steroid dienone is 1. The summed E-state index contributed by atoms with van der Waals surface area (Å²) in [5.74, 6) is -0.337. The van der Waals surface area contributed by atoms with E-state index in [-0.39, 0.29) is 17.1 Å². The molecule has 3 heteroatoms. The molecule has 0 aliphatic heterocycles. The first kappa shape index (κ1) is 18.3. The average molecular weight is 340 g/mol. The molecule has 0 N–H and O–H groups in total. The Hall–Kier alpha value is -2.00. The van der Waals surface area contributed by atoms with Gasteiger partial charge in [0.15, 0.2) is 0 Å². The molecule has 0 radical (unpaired) electrons. The smallest absolute Gasteiger partial charge is 0.320 e. The van der Waals surface area contributed by atoms with Crippen LogP contribution in [0.5, 0.6) is 0 Å². The molecule has 2 aromatic carbocycles. The Labute approximate surface area is 148 Å². The van der Waals surface area contributed by atoms with Crippen molar-refractivity contribution in [2.45, 2.75) is 42.4 Å². The SMILES string of the molecule is C=C[C@H](c1ccccc1)[C@@H](Sc1ccccc1)C(=O)OC(C)(C)C. The molecule has 2 aromatic rings. The van der Waals surface area contributed by atoms with Crippen LogP contribution in [0.2, 0.25) is 0 Å². The van der Waals surface area contributed by atoms with E-state index in [1.54, 1.807) is 0 Å². The molecule has 2 atom stereocenters. The monoisotopic (exact) mass is 340 g/mol. The van der Waals surface area contributed by atoms with E-state index in [2.05, 4.69) is 6.58 Å². The van der Waals surface area contributed by atoms with Crippen molar-refractivity contribution >= 4 is 17.7 Å². The van der Waals surface area contributed by atoms with E-state index < -0.39 is 5.60 Å². The van der Waals surface area contributed by atoms with Gasteiger partial charge < -0.3 is 4.74 Å². The Bertz CT molecular complexity index is 659. The highest BCUT2D eigenvalue weighted by atomic mass is 32.2. The molecule has 0 aliphatic carbocycles. The van der Waals surface area contributed by atoms with E-state index in [1.807, 2.05) is 87.5 Å². The van der Waals surface area contributed by atoms with E-state index >= 15 is 0 Å². The van der Waals surface area contributed by atoms with Crippen LogP contribution in [0.4, 0.5) is 0 Å². The Morgan fingerprint density at radius 3 is 2.08 bits per heavy atom. The Balaban J connectivity index is 2.33. The predicted molar refractivity (Wildman–Crippen MR) is 101 cm³/mol. The second-order valence-corrected chi connectivity index (χ2v) is 7.77. The molecule has 126 valence electrons. The average Bonchev–Trinajstić information content (AvgIpc) is 2.55. The van der Waals surface area contributed by atoms with Crippen LogP contribution in [-0.4, -0.2) is 16.8 Å². The molecule has 0 unspecified atom stereocenters. The second-order valence-electron chi connectivity index (χ2n) is 6.56. The lowest BCUT2D eigenvalue weighted by molar-refractivity contribution is -0.154. The zero-order chi connectivity index (χ0) is 17.6. The fraction of sp³-hybridized carbons (Fsp3) is 0.286. The molecule has 0 bridgehead atoms. The molecule has 0 saturated carbocycles. The zero-order valence-corrected chi connectivity index (χ0v) is 15.3. The van der Waals surface area contributed by atoms with Gasteiger partial charge in [-0.2, -0.15) is 0 Å². The molecule has 0 heterocycles. The van der Waals surface area contributed by atoms with Crippen molar-refractivity contribution in [2.24, 2.45) is 0 Å². The van der Waals surface area contributed by atoms with Crippen molar-refractivity contribution in [3.63, 3.8) is 0 Å². The van der Waals surface area contributed by atoms with Crippen LogP contribution in [0.3, 0.4) is 0 Å². The van der Waals surface area contributed by atoms with Gasteiger partial charge in [0.25, 0.3) is 0 Å². The fourth-order valence-electron chi connectivity index (χ4n) is 2.38. The van der Waals surface area contributed by atoms with Gasteiger partial charge in [0, 0.05) is 10.8 Å². The zero-order valence-electron chi connectivity index (χ0n) is 14.4. The van der Waals surface area contributed by atoms with Crippen molar-refractivity contribution < 1.29 is 9.53 Å².